The first kappa shape index (κ1) is 15.7. The van der Waals surface area contributed by atoms with Crippen LogP contribution >= 0.6 is 23.2 Å². The Morgan fingerprint density at radius 3 is 2.68 bits per heavy atom. The molecule has 1 amide bonds. The van der Waals surface area contributed by atoms with Crippen LogP contribution < -0.4 is 0 Å². The van der Waals surface area contributed by atoms with Crippen LogP contribution in [0.5, 0.6) is 0 Å². The van der Waals surface area contributed by atoms with Crippen LogP contribution in [0.4, 0.5) is 0 Å². The van der Waals surface area contributed by atoms with Gasteiger partial charge in [-0.15, -0.1) is 0 Å². The summed E-state index contributed by atoms with van der Waals surface area (Å²) in [6.07, 6.45) is 0.289. The van der Waals surface area contributed by atoms with Gasteiger partial charge in [-0.05, 0) is 18.1 Å². The van der Waals surface area contributed by atoms with E-state index in [-0.39, 0.29) is 22.6 Å². The number of pyridine rings is 1. The summed E-state index contributed by atoms with van der Waals surface area (Å²) in [7, 11) is 0. The van der Waals surface area contributed by atoms with E-state index in [9.17, 15) is 4.79 Å². The highest BCUT2D eigenvalue weighted by Crippen LogP contribution is 2.19. The van der Waals surface area contributed by atoms with Crippen molar-refractivity contribution in [3.63, 3.8) is 0 Å². The number of nitriles is 1. The fraction of sp³-hybridized carbons (Fsp3) is 0.462. The van der Waals surface area contributed by atoms with Crippen molar-refractivity contribution in [2.24, 2.45) is 5.92 Å². The molecule has 1 aromatic heterocycles. The molecule has 0 N–H and O–H groups in total. The van der Waals surface area contributed by atoms with Crippen molar-refractivity contribution < 1.29 is 4.79 Å². The zero-order valence-corrected chi connectivity index (χ0v) is 12.4. The van der Waals surface area contributed by atoms with Gasteiger partial charge in [0.25, 0.3) is 5.91 Å². The van der Waals surface area contributed by atoms with Gasteiger partial charge in [-0.1, -0.05) is 37.0 Å². The number of carbonyl (C=O) groups is 1. The number of rotatable bonds is 5. The minimum Gasteiger partial charge on any atom is -0.337 e. The van der Waals surface area contributed by atoms with Crippen molar-refractivity contribution in [1.82, 2.24) is 9.88 Å². The molecule has 4 nitrogen and oxygen atoms in total. The monoisotopic (exact) mass is 299 g/mol. The third kappa shape index (κ3) is 4.70. The second-order valence-corrected chi connectivity index (χ2v) is 5.27. The van der Waals surface area contributed by atoms with Crippen LogP contribution in [-0.2, 0) is 0 Å². The number of hydrogen-bond acceptors (Lipinski definition) is 3. The van der Waals surface area contributed by atoms with E-state index in [0.29, 0.717) is 24.6 Å². The zero-order valence-electron chi connectivity index (χ0n) is 10.9. The van der Waals surface area contributed by atoms with E-state index in [4.69, 9.17) is 28.5 Å². The highest BCUT2D eigenvalue weighted by Gasteiger charge is 2.20. The van der Waals surface area contributed by atoms with E-state index >= 15 is 0 Å². The Bertz CT molecular complexity index is 497. The van der Waals surface area contributed by atoms with E-state index < -0.39 is 0 Å². The molecule has 0 spiro atoms. The molecule has 0 radical (unpaired) electrons. The molecule has 1 heterocycles. The Morgan fingerprint density at radius 1 is 1.47 bits per heavy atom. The van der Waals surface area contributed by atoms with Gasteiger partial charge in [-0.25, -0.2) is 4.98 Å². The minimum absolute atomic E-state index is 0.0863. The molecule has 0 aliphatic heterocycles. The molecule has 0 bridgehead atoms. The molecular weight excluding hydrogens is 285 g/mol. The SMILES string of the molecule is CC(C)CN(CCC#N)C(=O)c1ccc(Cl)nc1Cl. The predicted octanol–water partition coefficient (Wildman–Crippen LogP) is 3.40. The number of nitrogens with zero attached hydrogens (tertiary/aromatic N) is 3. The summed E-state index contributed by atoms with van der Waals surface area (Å²) in [5.74, 6) is 0.0831. The van der Waals surface area contributed by atoms with E-state index in [1.807, 2.05) is 19.9 Å². The Balaban J connectivity index is 2.94. The van der Waals surface area contributed by atoms with Crippen LogP contribution in [0.15, 0.2) is 12.1 Å². The molecule has 0 aliphatic carbocycles. The highest BCUT2D eigenvalue weighted by molar-refractivity contribution is 6.34. The third-order valence-electron chi connectivity index (χ3n) is 2.41. The van der Waals surface area contributed by atoms with Crippen molar-refractivity contribution in [1.29, 1.82) is 5.26 Å². The molecule has 0 aromatic carbocycles. The summed E-state index contributed by atoms with van der Waals surface area (Å²) in [6.45, 7) is 4.97. The van der Waals surface area contributed by atoms with E-state index in [1.165, 1.54) is 6.07 Å². The molecule has 0 aliphatic rings. The maximum Gasteiger partial charge on any atom is 0.257 e. The number of halogens is 2. The molecule has 102 valence electrons. The van der Waals surface area contributed by atoms with Crippen molar-refractivity contribution in [2.45, 2.75) is 20.3 Å². The normalized spacial score (nSPS) is 10.3. The Morgan fingerprint density at radius 2 is 2.16 bits per heavy atom. The minimum atomic E-state index is -0.224. The first-order valence-corrected chi connectivity index (χ1v) is 6.69. The predicted molar refractivity (Wildman–Crippen MR) is 75.2 cm³/mol. The number of hydrogen-bond donors (Lipinski definition) is 0. The highest BCUT2D eigenvalue weighted by atomic mass is 35.5. The lowest BCUT2D eigenvalue weighted by Gasteiger charge is -2.23. The molecule has 6 heteroatoms. The molecule has 0 fully saturated rings. The summed E-state index contributed by atoms with van der Waals surface area (Å²) in [4.78, 5) is 17.8. The molecule has 0 saturated heterocycles. The summed E-state index contributed by atoms with van der Waals surface area (Å²) in [5, 5.41) is 8.98. The van der Waals surface area contributed by atoms with Crippen LogP contribution in [-0.4, -0.2) is 28.9 Å². The summed E-state index contributed by atoms with van der Waals surface area (Å²) in [5.41, 5.74) is 0.310. The maximum atomic E-state index is 12.4. The summed E-state index contributed by atoms with van der Waals surface area (Å²) in [6, 6.07) is 5.12. The standard InChI is InChI=1S/C13H15Cl2N3O/c1-9(2)8-18(7-3-6-16)13(19)10-4-5-11(14)17-12(10)15/h4-5,9H,3,7-8H2,1-2H3. The molecular formula is C13H15Cl2N3O. The second-order valence-electron chi connectivity index (χ2n) is 4.53. The van der Waals surface area contributed by atoms with Gasteiger partial charge in [0.1, 0.15) is 10.3 Å². The Hall–Kier alpha value is -1.31. The topological polar surface area (TPSA) is 57.0 Å². The molecule has 0 atom stereocenters. The maximum absolute atomic E-state index is 12.4. The van der Waals surface area contributed by atoms with Gasteiger partial charge in [0.05, 0.1) is 18.1 Å². The van der Waals surface area contributed by atoms with Crippen molar-refractivity contribution >= 4 is 29.1 Å². The first-order valence-electron chi connectivity index (χ1n) is 5.94. The van der Waals surface area contributed by atoms with E-state index in [1.54, 1.807) is 11.0 Å². The summed E-state index contributed by atoms with van der Waals surface area (Å²) >= 11 is 11.6. The lowest BCUT2D eigenvalue weighted by Crippen LogP contribution is -2.35. The van der Waals surface area contributed by atoms with Crippen LogP contribution in [0.2, 0.25) is 10.3 Å². The van der Waals surface area contributed by atoms with Crippen LogP contribution in [0.25, 0.3) is 0 Å². The molecule has 1 rings (SSSR count). The summed E-state index contributed by atoms with van der Waals surface area (Å²) < 4.78 is 0. The van der Waals surface area contributed by atoms with Crippen molar-refractivity contribution in [2.75, 3.05) is 13.1 Å². The van der Waals surface area contributed by atoms with Gasteiger partial charge in [0.2, 0.25) is 0 Å². The number of amides is 1. The fourth-order valence-electron chi connectivity index (χ4n) is 1.64. The quantitative estimate of drug-likeness (QED) is 0.783. The molecule has 1 aromatic rings. The van der Waals surface area contributed by atoms with Crippen LogP contribution in [0, 0.1) is 17.2 Å². The van der Waals surface area contributed by atoms with Gasteiger partial charge >= 0.3 is 0 Å². The number of aromatic nitrogens is 1. The fourth-order valence-corrected chi connectivity index (χ4v) is 2.07. The number of carbonyl (C=O) groups excluding carboxylic acids is 1. The van der Waals surface area contributed by atoms with Crippen molar-refractivity contribution in [3.05, 3.63) is 28.0 Å². The molecule has 0 saturated carbocycles. The van der Waals surface area contributed by atoms with E-state index in [2.05, 4.69) is 4.98 Å². The average Bonchev–Trinajstić information content (AvgIpc) is 2.33. The average molecular weight is 300 g/mol. The Kier molecular flexibility index (Phi) is 6.07. The van der Waals surface area contributed by atoms with Gasteiger partial charge in [-0.3, -0.25) is 4.79 Å². The van der Waals surface area contributed by atoms with Gasteiger partial charge < -0.3 is 4.90 Å². The molecule has 19 heavy (non-hydrogen) atoms. The van der Waals surface area contributed by atoms with Crippen molar-refractivity contribution in [3.8, 4) is 6.07 Å². The van der Waals surface area contributed by atoms with E-state index in [0.717, 1.165) is 0 Å². The van der Waals surface area contributed by atoms with Crippen LogP contribution in [0.1, 0.15) is 30.6 Å². The molecule has 0 unspecified atom stereocenters. The van der Waals surface area contributed by atoms with Gasteiger partial charge in [-0.2, -0.15) is 5.26 Å². The zero-order chi connectivity index (χ0) is 14.4. The van der Waals surface area contributed by atoms with Gasteiger partial charge in [0, 0.05) is 13.1 Å². The lowest BCUT2D eigenvalue weighted by atomic mass is 10.1. The Labute approximate surface area is 122 Å². The largest absolute Gasteiger partial charge is 0.337 e. The second kappa shape index (κ2) is 7.32. The van der Waals surface area contributed by atoms with Crippen LogP contribution in [0.3, 0.4) is 0 Å². The third-order valence-corrected chi connectivity index (χ3v) is 2.91. The van der Waals surface area contributed by atoms with Gasteiger partial charge in [0.15, 0.2) is 0 Å². The smallest absolute Gasteiger partial charge is 0.257 e. The first-order chi connectivity index (χ1) is 8.95. The lowest BCUT2D eigenvalue weighted by molar-refractivity contribution is 0.0739.